The molecular weight excluding hydrogens is 244 g/mol. The van der Waals surface area contributed by atoms with Crippen LogP contribution in [0.15, 0.2) is 18.2 Å². The molecule has 104 valence electrons. The van der Waals surface area contributed by atoms with E-state index in [1.54, 1.807) is 18.2 Å². The maximum atomic E-state index is 11.2. The first-order valence-electron chi connectivity index (χ1n) is 6.80. The van der Waals surface area contributed by atoms with E-state index in [4.69, 9.17) is 4.74 Å². The number of rotatable bonds is 4. The Balaban J connectivity index is 2.21. The molecule has 0 saturated heterocycles. The van der Waals surface area contributed by atoms with E-state index in [0.717, 1.165) is 12.8 Å². The van der Waals surface area contributed by atoms with Gasteiger partial charge in [-0.15, -0.1) is 0 Å². The molecule has 0 unspecified atom stereocenters. The number of benzene rings is 1. The number of hydrogen-bond acceptors (Lipinski definition) is 4. The van der Waals surface area contributed by atoms with Crippen LogP contribution < -0.4 is 10.1 Å². The number of nitrogens with one attached hydrogen (secondary N) is 1. The minimum Gasteiger partial charge on any atom is -0.490 e. The molecule has 0 amide bonds. The number of nitrogens with zero attached hydrogens (tertiary/aromatic N) is 1. The van der Waals surface area contributed by atoms with Gasteiger partial charge in [0.05, 0.1) is 12.0 Å². The van der Waals surface area contributed by atoms with Gasteiger partial charge in [-0.05, 0) is 25.0 Å². The van der Waals surface area contributed by atoms with Crippen LogP contribution in [0.25, 0.3) is 0 Å². The van der Waals surface area contributed by atoms with Gasteiger partial charge in [0.1, 0.15) is 5.69 Å². The lowest BCUT2D eigenvalue weighted by Crippen LogP contribution is -2.19. The Labute approximate surface area is 113 Å². The van der Waals surface area contributed by atoms with Gasteiger partial charge in [0.15, 0.2) is 5.75 Å². The molecule has 0 atom stereocenters. The second kappa shape index (κ2) is 6.41. The van der Waals surface area contributed by atoms with E-state index in [1.165, 1.54) is 32.8 Å². The Bertz CT molecular complexity index is 440. The Hall–Kier alpha value is -1.78. The summed E-state index contributed by atoms with van der Waals surface area (Å²) in [6.45, 7) is 0. The van der Waals surface area contributed by atoms with Crippen LogP contribution >= 0.6 is 0 Å². The van der Waals surface area contributed by atoms with Crippen LogP contribution in [0.2, 0.25) is 0 Å². The Morgan fingerprint density at radius 3 is 2.53 bits per heavy atom. The van der Waals surface area contributed by atoms with Crippen LogP contribution in [0.3, 0.4) is 0 Å². The molecule has 0 aromatic heterocycles. The molecule has 1 fully saturated rings. The van der Waals surface area contributed by atoms with E-state index in [2.05, 4.69) is 5.32 Å². The number of nitro benzene ring substituents is 1. The van der Waals surface area contributed by atoms with E-state index >= 15 is 0 Å². The third-order valence-corrected chi connectivity index (χ3v) is 3.62. The smallest absolute Gasteiger partial charge is 0.333 e. The van der Waals surface area contributed by atoms with E-state index in [9.17, 15) is 10.1 Å². The van der Waals surface area contributed by atoms with Crippen LogP contribution in [0, 0.1) is 10.1 Å². The lowest BCUT2D eigenvalue weighted by Gasteiger charge is -2.18. The average molecular weight is 264 g/mol. The summed E-state index contributed by atoms with van der Waals surface area (Å²) in [4.78, 5) is 10.8. The number of anilines is 1. The highest BCUT2D eigenvalue weighted by molar-refractivity contribution is 5.68. The molecule has 5 nitrogen and oxygen atoms in total. The van der Waals surface area contributed by atoms with Gasteiger partial charge in [0.2, 0.25) is 0 Å². The van der Waals surface area contributed by atoms with Gasteiger partial charge in [-0.25, -0.2) is 0 Å². The third kappa shape index (κ3) is 3.36. The predicted molar refractivity (Wildman–Crippen MR) is 74.8 cm³/mol. The summed E-state index contributed by atoms with van der Waals surface area (Å²) in [5.41, 5.74) is 0.602. The van der Waals surface area contributed by atoms with Crippen molar-refractivity contribution < 1.29 is 9.66 Å². The zero-order valence-corrected chi connectivity index (χ0v) is 11.2. The number of para-hydroxylation sites is 1. The van der Waals surface area contributed by atoms with Gasteiger partial charge in [-0.2, -0.15) is 0 Å². The Morgan fingerprint density at radius 2 is 1.95 bits per heavy atom. The molecule has 1 N–H and O–H groups in total. The van der Waals surface area contributed by atoms with Gasteiger partial charge in [-0.1, -0.05) is 31.7 Å². The van der Waals surface area contributed by atoms with Crippen LogP contribution in [0.1, 0.15) is 38.5 Å². The quantitative estimate of drug-likeness (QED) is 0.511. The van der Waals surface area contributed by atoms with Crippen LogP contribution in [0.5, 0.6) is 5.75 Å². The molecular formula is C14H20N2O3. The first-order valence-corrected chi connectivity index (χ1v) is 6.80. The first-order chi connectivity index (χ1) is 9.22. The fourth-order valence-corrected chi connectivity index (χ4v) is 2.64. The number of hydrogen-bond donors (Lipinski definition) is 1. The second-order valence-electron chi connectivity index (χ2n) is 4.95. The predicted octanol–water partition coefficient (Wildman–Crippen LogP) is 3.74. The van der Waals surface area contributed by atoms with E-state index in [-0.39, 0.29) is 10.6 Å². The summed E-state index contributed by atoms with van der Waals surface area (Å²) < 4.78 is 5.08. The first kappa shape index (κ1) is 13.6. The highest BCUT2D eigenvalue weighted by Gasteiger charge is 2.22. The topological polar surface area (TPSA) is 64.4 Å². The molecule has 0 spiro atoms. The molecule has 1 aliphatic rings. The molecule has 1 aromatic rings. The van der Waals surface area contributed by atoms with E-state index in [0.29, 0.717) is 17.5 Å². The third-order valence-electron chi connectivity index (χ3n) is 3.62. The van der Waals surface area contributed by atoms with Crippen LogP contribution in [0.4, 0.5) is 11.4 Å². The summed E-state index contributed by atoms with van der Waals surface area (Å²) in [5.74, 6) is 0.309. The molecule has 1 aliphatic carbocycles. The van der Waals surface area contributed by atoms with Crippen molar-refractivity contribution in [2.75, 3.05) is 12.4 Å². The van der Waals surface area contributed by atoms with Crippen LogP contribution in [-0.2, 0) is 0 Å². The van der Waals surface area contributed by atoms with E-state index < -0.39 is 0 Å². The molecule has 0 radical (unpaired) electrons. The van der Waals surface area contributed by atoms with Crippen molar-refractivity contribution in [2.24, 2.45) is 0 Å². The monoisotopic (exact) mass is 264 g/mol. The highest BCUT2D eigenvalue weighted by atomic mass is 16.6. The minimum atomic E-state index is -0.377. The van der Waals surface area contributed by atoms with Gasteiger partial charge in [0.25, 0.3) is 0 Å². The fourth-order valence-electron chi connectivity index (χ4n) is 2.64. The van der Waals surface area contributed by atoms with Crippen molar-refractivity contribution >= 4 is 11.4 Å². The van der Waals surface area contributed by atoms with Crippen molar-refractivity contribution in [1.82, 2.24) is 0 Å². The molecule has 19 heavy (non-hydrogen) atoms. The zero-order valence-electron chi connectivity index (χ0n) is 11.2. The lowest BCUT2D eigenvalue weighted by atomic mass is 10.1. The lowest BCUT2D eigenvalue weighted by molar-refractivity contribution is -0.384. The summed E-state index contributed by atoms with van der Waals surface area (Å²) in [6, 6.07) is 5.49. The maximum Gasteiger partial charge on any atom is 0.333 e. The Morgan fingerprint density at radius 1 is 1.26 bits per heavy atom. The molecule has 0 heterocycles. The van der Waals surface area contributed by atoms with Gasteiger partial charge in [-0.3, -0.25) is 10.1 Å². The van der Waals surface area contributed by atoms with Gasteiger partial charge < -0.3 is 10.1 Å². The summed E-state index contributed by atoms with van der Waals surface area (Å²) >= 11 is 0. The normalized spacial score (nSPS) is 16.7. The van der Waals surface area contributed by atoms with Crippen molar-refractivity contribution in [1.29, 1.82) is 0 Å². The number of nitro groups is 1. The van der Waals surface area contributed by atoms with Crippen LogP contribution in [-0.4, -0.2) is 18.1 Å². The Kier molecular flexibility index (Phi) is 4.60. The average Bonchev–Trinajstić information content (AvgIpc) is 2.66. The molecule has 0 bridgehead atoms. The molecule has 2 rings (SSSR count). The van der Waals surface area contributed by atoms with Crippen molar-refractivity contribution in [3.63, 3.8) is 0 Å². The number of ether oxygens (including phenoxy) is 1. The maximum absolute atomic E-state index is 11.2. The summed E-state index contributed by atoms with van der Waals surface area (Å²) in [7, 11) is 1.46. The molecule has 5 heteroatoms. The van der Waals surface area contributed by atoms with Gasteiger partial charge in [0, 0.05) is 6.04 Å². The standard InChI is InChI=1S/C14H20N2O3/c1-19-13-10-6-9-12(14(13)16(17)18)15-11-7-4-2-3-5-8-11/h6,9-11,15H,2-5,7-8H2,1H3. The summed E-state index contributed by atoms with van der Waals surface area (Å²) in [5, 5.41) is 14.5. The van der Waals surface area contributed by atoms with E-state index in [1.807, 2.05) is 0 Å². The second-order valence-corrected chi connectivity index (χ2v) is 4.95. The highest BCUT2D eigenvalue weighted by Crippen LogP contribution is 2.35. The number of methoxy groups -OCH3 is 1. The largest absolute Gasteiger partial charge is 0.490 e. The molecule has 0 aliphatic heterocycles. The SMILES string of the molecule is COc1cccc(NC2CCCCCC2)c1[N+](=O)[O-]. The molecule has 1 saturated carbocycles. The van der Waals surface area contributed by atoms with Gasteiger partial charge >= 0.3 is 5.69 Å². The summed E-state index contributed by atoms with van der Waals surface area (Å²) in [6.07, 6.45) is 7.06. The molecule has 1 aromatic carbocycles. The van der Waals surface area contributed by atoms with Crippen molar-refractivity contribution in [3.8, 4) is 5.75 Å². The van der Waals surface area contributed by atoms with Crippen molar-refractivity contribution in [2.45, 2.75) is 44.6 Å². The zero-order chi connectivity index (χ0) is 13.7. The van der Waals surface area contributed by atoms with Crippen molar-refractivity contribution in [3.05, 3.63) is 28.3 Å². The minimum absolute atomic E-state index is 0.0363. The fraction of sp³-hybridized carbons (Fsp3) is 0.571.